The Morgan fingerprint density at radius 2 is 1.62 bits per heavy atom. The Balaban J connectivity index is 2.81. The molecule has 1 fully saturated rings. The maximum atomic E-state index is 12.7. The van der Waals surface area contributed by atoms with Crippen LogP contribution >= 0.6 is 0 Å². The Labute approximate surface area is 166 Å². The van der Waals surface area contributed by atoms with E-state index in [1.807, 2.05) is 0 Å². The molecule has 13 heteroatoms. The van der Waals surface area contributed by atoms with Gasteiger partial charge in [-0.3, -0.25) is 24.0 Å². The van der Waals surface area contributed by atoms with Crippen LogP contribution in [0.5, 0.6) is 0 Å². The van der Waals surface area contributed by atoms with Gasteiger partial charge in [0.1, 0.15) is 18.1 Å². The summed E-state index contributed by atoms with van der Waals surface area (Å²) in [6, 6.07) is -4.87. The second-order valence-corrected chi connectivity index (χ2v) is 6.77. The van der Waals surface area contributed by atoms with Crippen molar-refractivity contribution < 1.29 is 33.9 Å². The van der Waals surface area contributed by atoms with Gasteiger partial charge >= 0.3 is 5.97 Å². The third-order valence-corrected chi connectivity index (χ3v) is 4.35. The summed E-state index contributed by atoms with van der Waals surface area (Å²) in [7, 11) is 0. The number of carboxylic acids is 1. The summed E-state index contributed by atoms with van der Waals surface area (Å²) in [6.45, 7) is 1.46. The average molecular weight is 414 g/mol. The Morgan fingerprint density at radius 1 is 1.03 bits per heavy atom. The maximum absolute atomic E-state index is 12.7. The van der Waals surface area contributed by atoms with Crippen LogP contribution in [-0.4, -0.2) is 76.2 Å². The van der Waals surface area contributed by atoms with Crippen molar-refractivity contribution in [3.05, 3.63) is 0 Å². The van der Waals surface area contributed by atoms with Gasteiger partial charge in [0.05, 0.1) is 18.9 Å². The zero-order valence-electron chi connectivity index (χ0n) is 15.9. The van der Waals surface area contributed by atoms with Gasteiger partial charge in [-0.25, -0.2) is 4.79 Å². The molecule has 5 amide bonds. The van der Waals surface area contributed by atoms with Crippen molar-refractivity contribution in [3.63, 3.8) is 0 Å². The Hall–Kier alpha value is -3.22. The standard InChI is InChI=1S/C16H26N6O7/c1-7(20-14(26)8(17)5-11(18)23)13(25)21-9(6-12(19)24)15(27)22-4-2-3-10(22)16(28)29/h7-10H,2-6,17H2,1H3,(H2,18,23)(H2,19,24)(H,20,26)(H,21,25)(H,28,29). The predicted molar refractivity (Wildman–Crippen MR) is 97.5 cm³/mol. The van der Waals surface area contributed by atoms with Gasteiger partial charge in [0.15, 0.2) is 0 Å². The molecule has 1 aliphatic rings. The first-order valence-electron chi connectivity index (χ1n) is 8.90. The molecule has 0 aliphatic carbocycles. The highest BCUT2D eigenvalue weighted by Gasteiger charge is 2.38. The van der Waals surface area contributed by atoms with Gasteiger partial charge in [0.25, 0.3) is 0 Å². The largest absolute Gasteiger partial charge is 0.480 e. The van der Waals surface area contributed by atoms with Gasteiger partial charge in [0.2, 0.25) is 29.5 Å². The fourth-order valence-corrected chi connectivity index (χ4v) is 2.88. The number of hydrogen-bond donors (Lipinski definition) is 6. The van der Waals surface area contributed by atoms with Crippen LogP contribution in [0.4, 0.5) is 0 Å². The van der Waals surface area contributed by atoms with Gasteiger partial charge < -0.3 is 37.8 Å². The van der Waals surface area contributed by atoms with E-state index in [0.29, 0.717) is 6.42 Å². The predicted octanol–water partition coefficient (Wildman–Crippen LogP) is -3.87. The van der Waals surface area contributed by atoms with Crippen LogP contribution in [-0.2, 0) is 28.8 Å². The summed E-state index contributed by atoms with van der Waals surface area (Å²) in [6.07, 6.45) is -0.254. The van der Waals surface area contributed by atoms with Crippen molar-refractivity contribution in [2.45, 2.75) is 56.8 Å². The fraction of sp³-hybridized carbons (Fsp3) is 0.625. The summed E-state index contributed by atoms with van der Waals surface area (Å²) >= 11 is 0. The molecule has 0 aromatic carbocycles. The quantitative estimate of drug-likeness (QED) is 0.207. The van der Waals surface area contributed by atoms with Crippen LogP contribution in [0.25, 0.3) is 0 Å². The van der Waals surface area contributed by atoms with E-state index in [0.717, 1.165) is 4.90 Å². The summed E-state index contributed by atoms with van der Waals surface area (Å²) in [4.78, 5) is 71.4. The fourth-order valence-electron chi connectivity index (χ4n) is 2.88. The zero-order valence-corrected chi connectivity index (χ0v) is 15.9. The number of amides is 5. The van der Waals surface area contributed by atoms with E-state index in [-0.39, 0.29) is 13.0 Å². The van der Waals surface area contributed by atoms with Crippen molar-refractivity contribution in [1.82, 2.24) is 15.5 Å². The van der Waals surface area contributed by atoms with Gasteiger partial charge in [0, 0.05) is 6.54 Å². The van der Waals surface area contributed by atoms with Crippen molar-refractivity contribution in [3.8, 4) is 0 Å². The van der Waals surface area contributed by atoms with Gasteiger partial charge in [-0.15, -0.1) is 0 Å². The lowest BCUT2D eigenvalue weighted by Crippen LogP contribution is -2.57. The molecule has 1 aliphatic heterocycles. The second-order valence-electron chi connectivity index (χ2n) is 6.77. The molecular formula is C16H26N6O7. The molecule has 0 aromatic rings. The Morgan fingerprint density at radius 3 is 2.14 bits per heavy atom. The maximum Gasteiger partial charge on any atom is 0.326 e. The number of carboxylic acid groups (broad SMARTS) is 1. The lowest BCUT2D eigenvalue weighted by atomic mass is 10.1. The molecule has 1 saturated heterocycles. The van der Waals surface area contributed by atoms with Crippen LogP contribution < -0.4 is 27.8 Å². The molecule has 9 N–H and O–H groups in total. The molecule has 13 nitrogen and oxygen atoms in total. The van der Waals surface area contributed by atoms with E-state index in [2.05, 4.69) is 10.6 Å². The highest BCUT2D eigenvalue weighted by atomic mass is 16.4. The van der Waals surface area contributed by atoms with Crippen LogP contribution in [0.3, 0.4) is 0 Å². The molecule has 1 rings (SSSR count). The van der Waals surface area contributed by atoms with E-state index in [1.165, 1.54) is 6.92 Å². The topological polar surface area (TPSA) is 228 Å². The van der Waals surface area contributed by atoms with E-state index in [9.17, 15) is 33.9 Å². The summed E-state index contributed by atoms with van der Waals surface area (Å²) in [5, 5.41) is 13.8. The SMILES string of the molecule is CC(NC(=O)C(N)CC(N)=O)C(=O)NC(CC(N)=O)C(=O)N1CCCC1C(=O)O. The number of nitrogens with one attached hydrogen (secondary N) is 2. The number of likely N-dealkylation sites (tertiary alicyclic amines) is 1. The van der Waals surface area contributed by atoms with Crippen LogP contribution in [0.1, 0.15) is 32.6 Å². The highest BCUT2D eigenvalue weighted by molar-refractivity contribution is 5.96. The molecular weight excluding hydrogens is 388 g/mol. The lowest BCUT2D eigenvalue weighted by molar-refractivity contribution is -0.149. The molecule has 29 heavy (non-hydrogen) atoms. The minimum atomic E-state index is -1.39. The highest BCUT2D eigenvalue weighted by Crippen LogP contribution is 2.19. The number of carbonyl (C=O) groups excluding carboxylic acids is 5. The minimum Gasteiger partial charge on any atom is -0.480 e. The van der Waals surface area contributed by atoms with Crippen LogP contribution in [0.15, 0.2) is 0 Å². The minimum absolute atomic E-state index is 0.162. The molecule has 4 unspecified atom stereocenters. The lowest BCUT2D eigenvalue weighted by Gasteiger charge is -2.27. The number of nitrogens with zero attached hydrogens (tertiary/aromatic N) is 1. The summed E-state index contributed by atoms with van der Waals surface area (Å²) in [5.74, 6) is -5.26. The van der Waals surface area contributed by atoms with Crippen LogP contribution in [0.2, 0.25) is 0 Å². The van der Waals surface area contributed by atoms with E-state index < -0.39 is 72.5 Å². The van der Waals surface area contributed by atoms with Crippen molar-refractivity contribution in [2.75, 3.05) is 6.54 Å². The smallest absolute Gasteiger partial charge is 0.326 e. The molecule has 0 saturated carbocycles. The van der Waals surface area contributed by atoms with Gasteiger partial charge in [-0.2, -0.15) is 0 Å². The number of hydrogen-bond acceptors (Lipinski definition) is 7. The first kappa shape index (κ1) is 23.8. The first-order valence-corrected chi connectivity index (χ1v) is 8.90. The second kappa shape index (κ2) is 10.4. The van der Waals surface area contributed by atoms with Gasteiger partial charge in [-0.05, 0) is 19.8 Å². The molecule has 0 bridgehead atoms. The number of primary amides is 2. The Kier molecular flexibility index (Phi) is 8.51. The average Bonchev–Trinajstić information content (AvgIpc) is 3.09. The zero-order chi connectivity index (χ0) is 22.3. The van der Waals surface area contributed by atoms with E-state index in [4.69, 9.17) is 17.2 Å². The molecule has 0 spiro atoms. The van der Waals surface area contributed by atoms with Crippen LogP contribution in [0, 0.1) is 0 Å². The number of aliphatic carboxylic acids is 1. The van der Waals surface area contributed by atoms with E-state index in [1.54, 1.807) is 0 Å². The number of nitrogens with two attached hydrogens (primary N) is 3. The third-order valence-electron chi connectivity index (χ3n) is 4.35. The summed E-state index contributed by atoms with van der Waals surface area (Å²) < 4.78 is 0. The normalized spacial score (nSPS) is 19.0. The number of carbonyl (C=O) groups is 6. The first-order chi connectivity index (χ1) is 13.4. The molecule has 0 radical (unpaired) electrons. The van der Waals surface area contributed by atoms with E-state index >= 15 is 0 Å². The summed E-state index contributed by atoms with van der Waals surface area (Å²) in [5.41, 5.74) is 15.6. The van der Waals surface area contributed by atoms with Crippen molar-refractivity contribution in [2.24, 2.45) is 17.2 Å². The monoisotopic (exact) mass is 414 g/mol. The molecule has 1 heterocycles. The Bertz CT molecular complexity index is 697. The molecule has 4 atom stereocenters. The van der Waals surface area contributed by atoms with Crippen molar-refractivity contribution >= 4 is 35.5 Å². The third kappa shape index (κ3) is 7.03. The van der Waals surface area contributed by atoms with Gasteiger partial charge in [-0.1, -0.05) is 0 Å². The molecule has 0 aromatic heterocycles. The number of rotatable bonds is 10. The van der Waals surface area contributed by atoms with Crippen molar-refractivity contribution in [1.29, 1.82) is 0 Å². The molecule has 162 valence electrons.